The van der Waals surface area contributed by atoms with Gasteiger partial charge in [-0.25, -0.2) is 0 Å². The average molecular weight is 403 g/mol. The van der Waals surface area contributed by atoms with Crippen LogP contribution >= 0.6 is 11.6 Å². The smallest absolute Gasteiger partial charge is 0.270 e. The van der Waals surface area contributed by atoms with E-state index in [1.54, 1.807) is 17.0 Å². The lowest BCUT2D eigenvalue weighted by molar-refractivity contribution is -0.384. The molecule has 2 aromatic carbocycles. The van der Waals surface area contributed by atoms with Crippen molar-refractivity contribution in [3.05, 3.63) is 68.7 Å². The number of nitrogens with zero attached hydrogens (tertiary/aromatic N) is 3. The molecule has 0 aromatic heterocycles. The van der Waals surface area contributed by atoms with Crippen LogP contribution in [0.4, 0.5) is 11.4 Å². The maximum atomic E-state index is 12.5. The molecular formula is C19H19ClN4O4. The molecule has 9 heteroatoms. The van der Waals surface area contributed by atoms with E-state index in [9.17, 15) is 19.7 Å². The predicted octanol–water partition coefficient (Wildman–Crippen LogP) is 2.24. The van der Waals surface area contributed by atoms with Crippen LogP contribution in [-0.2, 0) is 11.2 Å². The zero-order valence-corrected chi connectivity index (χ0v) is 15.8. The minimum atomic E-state index is -0.724. The number of anilines is 1. The molecule has 1 fully saturated rings. The summed E-state index contributed by atoms with van der Waals surface area (Å²) in [6.45, 7) is 1.96. The molecule has 28 heavy (non-hydrogen) atoms. The molecule has 0 bridgehead atoms. The van der Waals surface area contributed by atoms with Gasteiger partial charge in [-0.15, -0.1) is 0 Å². The highest BCUT2D eigenvalue weighted by Crippen LogP contribution is 2.26. The standard InChI is InChI=1S/C19H19ClN4O4/c20-14-3-1-2-13(10-14)11-18(25)23-8-6-22(7-9-23)17-5-4-15(24(27)28)12-16(17)19(21)26/h1-5,10,12H,6-9,11H2,(H2,21,26). The fraction of sp³-hybridized carbons (Fsp3) is 0.263. The van der Waals surface area contributed by atoms with Crippen molar-refractivity contribution in [1.29, 1.82) is 0 Å². The number of carbonyl (C=O) groups is 2. The maximum absolute atomic E-state index is 12.5. The van der Waals surface area contributed by atoms with E-state index in [0.29, 0.717) is 36.9 Å². The van der Waals surface area contributed by atoms with Gasteiger partial charge in [0, 0.05) is 43.3 Å². The Balaban J connectivity index is 1.67. The number of benzene rings is 2. The molecule has 2 aromatic rings. The monoisotopic (exact) mass is 402 g/mol. The first-order valence-electron chi connectivity index (χ1n) is 8.70. The van der Waals surface area contributed by atoms with Crippen LogP contribution in [0.1, 0.15) is 15.9 Å². The molecule has 1 heterocycles. The lowest BCUT2D eigenvalue weighted by Crippen LogP contribution is -2.49. The molecule has 0 saturated carbocycles. The first-order valence-corrected chi connectivity index (χ1v) is 9.08. The van der Waals surface area contributed by atoms with Crippen LogP contribution < -0.4 is 10.6 Å². The van der Waals surface area contributed by atoms with Crippen molar-refractivity contribution >= 4 is 34.8 Å². The molecule has 1 saturated heterocycles. The molecule has 8 nitrogen and oxygen atoms in total. The Morgan fingerprint density at radius 3 is 2.43 bits per heavy atom. The maximum Gasteiger partial charge on any atom is 0.270 e. The van der Waals surface area contributed by atoms with E-state index < -0.39 is 10.8 Å². The molecule has 0 radical (unpaired) electrons. The highest BCUT2D eigenvalue weighted by Gasteiger charge is 2.25. The molecule has 2 amide bonds. The summed E-state index contributed by atoms with van der Waals surface area (Å²) in [5, 5.41) is 11.5. The zero-order valence-electron chi connectivity index (χ0n) is 15.0. The first-order chi connectivity index (χ1) is 13.3. The summed E-state index contributed by atoms with van der Waals surface area (Å²) in [5.74, 6) is -0.723. The number of halogens is 1. The molecular weight excluding hydrogens is 384 g/mol. The van der Waals surface area contributed by atoms with Crippen LogP contribution in [0.3, 0.4) is 0 Å². The number of hydrogen-bond acceptors (Lipinski definition) is 5. The third-order valence-electron chi connectivity index (χ3n) is 4.67. The fourth-order valence-corrected chi connectivity index (χ4v) is 3.45. The summed E-state index contributed by atoms with van der Waals surface area (Å²) in [6.07, 6.45) is 0.268. The molecule has 0 spiro atoms. The Bertz CT molecular complexity index is 926. The average Bonchev–Trinajstić information content (AvgIpc) is 2.67. The van der Waals surface area contributed by atoms with Crippen molar-refractivity contribution in [1.82, 2.24) is 4.90 Å². The number of primary amides is 1. The molecule has 2 N–H and O–H groups in total. The molecule has 0 atom stereocenters. The summed E-state index contributed by atoms with van der Waals surface area (Å²) in [7, 11) is 0. The van der Waals surface area contributed by atoms with Crippen LogP contribution in [0.2, 0.25) is 5.02 Å². The third-order valence-corrected chi connectivity index (χ3v) is 4.91. The van der Waals surface area contributed by atoms with E-state index in [4.69, 9.17) is 17.3 Å². The van der Waals surface area contributed by atoms with Gasteiger partial charge in [0.2, 0.25) is 5.91 Å². The van der Waals surface area contributed by atoms with Gasteiger partial charge in [-0.05, 0) is 23.8 Å². The van der Waals surface area contributed by atoms with E-state index >= 15 is 0 Å². The Morgan fingerprint density at radius 1 is 1.11 bits per heavy atom. The Hall–Kier alpha value is -3.13. The quantitative estimate of drug-likeness (QED) is 0.609. The SMILES string of the molecule is NC(=O)c1cc([N+](=O)[O-])ccc1N1CCN(C(=O)Cc2cccc(Cl)c2)CC1. The highest BCUT2D eigenvalue weighted by molar-refractivity contribution is 6.30. The van der Waals surface area contributed by atoms with Crippen LogP contribution in [0.25, 0.3) is 0 Å². The molecule has 3 rings (SSSR count). The number of nitro benzene ring substituents is 1. The van der Waals surface area contributed by atoms with Crippen molar-refractivity contribution in [3.8, 4) is 0 Å². The van der Waals surface area contributed by atoms with Crippen molar-refractivity contribution < 1.29 is 14.5 Å². The van der Waals surface area contributed by atoms with Gasteiger partial charge in [0.1, 0.15) is 0 Å². The number of nitro groups is 1. The minimum Gasteiger partial charge on any atom is -0.367 e. The van der Waals surface area contributed by atoms with Gasteiger partial charge in [-0.2, -0.15) is 0 Å². The number of rotatable bonds is 5. The van der Waals surface area contributed by atoms with Crippen molar-refractivity contribution in [2.45, 2.75) is 6.42 Å². The third kappa shape index (κ3) is 4.40. The predicted molar refractivity (Wildman–Crippen MR) is 106 cm³/mol. The highest BCUT2D eigenvalue weighted by atomic mass is 35.5. The molecule has 0 unspecified atom stereocenters. The van der Waals surface area contributed by atoms with Gasteiger partial charge in [0.05, 0.1) is 22.6 Å². The Morgan fingerprint density at radius 2 is 1.82 bits per heavy atom. The molecule has 0 aliphatic carbocycles. The fourth-order valence-electron chi connectivity index (χ4n) is 3.24. The van der Waals surface area contributed by atoms with Gasteiger partial charge in [0.25, 0.3) is 11.6 Å². The topological polar surface area (TPSA) is 110 Å². The number of non-ortho nitro benzene ring substituents is 1. The molecule has 1 aliphatic rings. The number of hydrogen-bond donors (Lipinski definition) is 1. The van der Waals surface area contributed by atoms with E-state index in [0.717, 1.165) is 5.56 Å². The van der Waals surface area contributed by atoms with Crippen molar-refractivity contribution in [2.75, 3.05) is 31.1 Å². The Kier molecular flexibility index (Phi) is 5.79. The summed E-state index contributed by atoms with van der Waals surface area (Å²) in [4.78, 5) is 38.3. The van der Waals surface area contributed by atoms with Gasteiger partial charge in [-0.1, -0.05) is 23.7 Å². The van der Waals surface area contributed by atoms with Crippen molar-refractivity contribution in [3.63, 3.8) is 0 Å². The lowest BCUT2D eigenvalue weighted by Gasteiger charge is -2.36. The van der Waals surface area contributed by atoms with Crippen LogP contribution in [0, 0.1) is 10.1 Å². The summed E-state index contributed by atoms with van der Waals surface area (Å²) >= 11 is 5.96. The summed E-state index contributed by atoms with van der Waals surface area (Å²) < 4.78 is 0. The zero-order chi connectivity index (χ0) is 20.3. The van der Waals surface area contributed by atoms with Gasteiger partial charge in [-0.3, -0.25) is 19.7 Å². The summed E-state index contributed by atoms with van der Waals surface area (Å²) in [6, 6.07) is 11.3. The van der Waals surface area contributed by atoms with E-state index in [-0.39, 0.29) is 23.6 Å². The summed E-state index contributed by atoms with van der Waals surface area (Å²) in [5.41, 5.74) is 6.71. The molecule has 1 aliphatic heterocycles. The second-order valence-corrected chi connectivity index (χ2v) is 6.93. The first kappa shape index (κ1) is 19.6. The number of nitrogens with two attached hydrogens (primary N) is 1. The number of amides is 2. The Labute approximate surface area is 166 Å². The minimum absolute atomic E-state index is 0.000686. The van der Waals surface area contributed by atoms with Gasteiger partial charge >= 0.3 is 0 Å². The van der Waals surface area contributed by atoms with E-state index in [1.165, 1.54) is 18.2 Å². The lowest BCUT2D eigenvalue weighted by atomic mass is 10.1. The van der Waals surface area contributed by atoms with E-state index in [2.05, 4.69) is 0 Å². The normalized spacial score (nSPS) is 14.0. The van der Waals surface area contributed by atoms with Gasteiger partial charge < -0.3 is 15.5 Å². The van der Waals surface area contributed by atoms with E-state index in [1.807, 2.05) is 17.0 Å². The largest absolute Gasteiger partial charge is 0.367 e. The number of carbonyl (C=O) groups excluding carboxylic acids is 2. The second-order valence-electron chi connectivity index (χ2n) is 6.50. The van der Waals surface area contributed by atoms with Crippen LogP contribution in [-0.4, -0.2) is 47.8 Å². The molecule has 146 valence electrons. The second kappa shape index (κ2) is 8.26. The van der Waals surface area contributed by atoms with Gasteiger partial charge in [0.15, 0.2) is 0 Å². The number of piperazine rings is 1. The van der Waals surface area contributed by atoms with Crippen LogP contribution in [0.5, 0.6) is 0 Å². The van der Waals surface area contributed by atoms with Crippen molar-refractivity contribution in [2.24, 2.45) is 5.73 Å². The van der Waals surface area contributed by atoms with Crippen LogP contribution in [0.15, 0.2) is 42.5 Å².